The van der Waals surface area contributed by atoms with Crippen LogP contribution in [0.25, 0.3) is 0 Å². The van der Waals surface area contributed by atoms with Crippen LogP contribution in [0, 0.1) is 0 Å². The maximum atomic E-state index is 12.3. The second-order valence-electron chi connectivity index (χ2n) is 6.48. The molecule has 2 atom stereocenters. The summed E-state index contributed by atoms with van der Waals surface area (Å²) in [6.07, 6.45) is 4.68. The lowest BCUT2D eigenvalue weighted by molar-refractivity contribution is -0.151. The molecule has 20 heavy (non-hydrogen) atoms. The summed E-state index contributed by atoms with van der Waals surface area (Å²) in [6.45, 7) is 12.8. The van der Waals surface area contributed by atoms with E-state index in [1.54, 1.807) is 0 Å². The molecule has 0 amide bonds. The van der Waals surface area contributed by atoms with Crippen molar-refractivity contribution in [1.29, 1.82) is 0 Å². The molecular formula is C16H32N2O2. The molecule has 0 aliphatic carbocycles. The van der Waals surface area contributed by atoms with Gasteiger partial charge in [-0.25, -0.2) is 0 Å². The van der Waals surface area contributed by atoms with Gasteiger partial charge >= 0.3 is 5.97 Å². The monoisotopic (exact) mass is 284 g/mol. The molecule has 4 nitrogen and oxygen atoms in total. The number of likely N-dealkylation sites (tertiary alicyclic amines) is 1. The van der Waals surface area contributed by atoms with Crippen LogP contribution in [0.5, 0.6) is 0 Å². The van der Waals surface area contributed by atoms with Gasteiger partial charge in [0.25, 0.3) is 0 Å². The summed E-state index contributed by atoms with van der Waals surface area (Å²) >= 11 is 0. The number of hydrogen-bond acceptors (Lipinski definition) is 4. The highest BCUT2D eigenvalue weighted by molar-refractivity contribution is 5.80. The second kappa shape index (κ2) is 7.99. The summed E-state index contributed by atoms with van der Waals surface area (Å²) in [5.74, 6) is -0.127. The Morgan fingerprint density at radius 2 is 2.15 bits per heavy atom. The molecule has 1 aliphatic heterocycles. The van der Waals surface area contributed by atoms with E-state index >= 15 is 0 Å². The Balaban J connectivity index is 2.61. The SMILES string of the molecule is CCOC(=O)C(C)(CCN1CCCCC1C)NC(C)C. The fraction of sp³-hybridized carbons (Fsp3) is 0.938. The number of hydrogen-bond donors (Lipinski definition) is 1. The lowest BCUT2D eigenvalue weighted by Crippen LogP contribution is -2.55. The van der Waals surface area contributed by atoms with Crippen molar-refractivity contribution in [2.75, 3.05) is 19.7 Å². The highest BCUT2D eigenvalue weighted by atomic mass is 16.5. The molecule has 118 valence electrons. The number of nitrogens with zero attached hydrogens (tertiary/aromatic N) is 1. The van der Waals surface area contributed by atoms with Gasteiger partial charge in [-0.3, -0.25) is 10.1 Å². The van der Waals surface area contributed by atoms with Crippen LogP contribution in [-0.4, -0.2) is 48.2 Å². The Morgan fingerprint density at radius 1 is 1.45 bits per heavy atom. The fourth-order valence-electron chi connectivity index (χ4n) is 3.02. The van der Waals surface area contributed by atoms with Crippen LogP contribution in [0.15, 0.2) is 0 Å². The molecule has 1 heterocycles. The van der Waals surface area contributed by atoms with Gasteiger partial charge in [0, 0.05) is 18.6 Å². The van der Waals surface area contributed by atoms with E-state index in [2.05, 4.69) is 31.0 Å². The van der Waals surface area contributed by atoms with E-state index < -0.39 is 5.54 Å². The molecule has 1 rings (SSSR count). The molecule has 4 heteroatoms. The normalized spacial score (nSPS) is 23.6. The Bertz CT molecular complexity index is 307. The van der Waals surface area contributed by atoms with E-state index in [1.807, 2.05) is 13.8 Å². The largest absolute Gasteiger partial charge is 0.465 e. The molecule has 2 unspecified atom stereocenters. The van der Waals surface area contributed by atoms with Crippen LogP contribution in [0.1, 0.15) is 60.3 Å². The first kappa shape index (κ1) is 17.4. The molecule has 1 saturated heterocycles. The summed E-state index contributed by atoms with van der Waals surface area (Å²) in [6, 6.07) is 0.900. The average Bonchev–Trinajstić information content (AvgIpc) is 2.37. The van der Waals surface area contributed by atoms with Crippen molar-refractivity contribution in [1.82, 2.24) is 10.2 Å². The van der Waals surface area contributed by atoms with Gasteiger partial charge in [0.15, 0.2) is 0 Å². The van der Waals surface area contributed by atoms with Crippen molar-refractivity contribution < 1.29 is 9.53 Å². The third kappa shape index (κ3) is 5.06. The first-order valence-electron chi connectivity index (χ1n) is 8.08. The summed E-state index contributed by atoms with van der Waals surface area (Å²) in [5, 5.41) is 3.39. The molecule has 0 radical (unpaired) electrons. The predicted molar refractivity (Wildman–Crippen MR) is 82.8 cm³/mol. The van der Waals surface area contributed by atoms with Gasteiger partial charge in [-0.1, -0.05) is 6.42 Å². The first-order chi connectivity index (χ1) is 9.39. The number of piperidine rings is 1. The number of ether oxygens (including phenoxy) is 1. The molecule has 0 saturated carbocycles. The zero-order valence-electron chi connectivity index (χ0n) is 13.9. The molecule has 0 aromatic rings. The highest BCUT2D eigenvalue weighted by Gasteiger charge is 2.35. The summed E-state index contributed by atoms with van der Waals surface area (Å²) < 4.78 is 5.25. The zero-order valence-corrected chi connectivity index (χ0v) is 13.9. The third-order valence-corrected chi connectivity index (χ3v) is 4.17. The summed E-state index contributed by atoms with van der Waals surface area (Å²) in [5.41, 5.74) is -0.582. The maximum Gasteiger partial charge on any atom is 0.326 e. The fourth-order valence-corrected chi connectivity index (χ4v) is 3.02. The number of carbonyl (C=O) groups excluding carboxylic acids is 1. The number of rotatable bonds is 7. The molecular weight excluding hydrogens is 252 g/mol. The molecule has 1 N–H and O–H groups in total. The minimum absolute atomic E-state index is 0.127. The van der Waals surface area contributed by atoms with Crippen LogP contribution in [0.4, 0.5) is 0 Å². The molecule has 1 aliphatic rings. The smallest absolute Gasteiger partial charge is 0.326 e. The Kier molecular flexibility index (Phi) is 6.96. The Morgan fingerprint density at radius 3 is 2.70 bits per heavy atom. The third-order valence-electron chi connectivity index (χ3n) is 4.17. The first-order valence-corrected chi connectivity index (χ1v) is 8.08. The van der Waals surface area contributed by atoms with Crippen molar-refractivity contribution in [3.63, 3.8) is 0 Å². The van der Waals surface area contributed by atoms with E-state index in [4.69, 9.17) is 4.74 Å². The average molecular weight is 284 g/mol. The predicted octanol–water partition coefficient (Wildman–Crippen LogP) is 2.57. The lowest BCUT2D eigenvalue weighted by atomic mass is 9.94. The topological polar surface area (TPSA) is 41.6 Å². The van der Waals surface area contributed by atoms with Crippen LogP contribution in [0.2, 0.25) is 0 Å². The minimum atomic E-state index is -0.582. The van der Waals surface area contributed by atoms with E-state index in [1.165, 1.54) is 19.3 Å². The van der Waals surface area contributed by atoms with Gasteiger partial charge in [-0.05, 0) is 60.4 Å². The van der Waals surface area contributed by atoms with Crippen molar-refractivity contribution in [2.24, 2.45) is 0 Å². The van der Waals surface area contributed by atoms with Gasteiger partial charge in [-0.15, -0.1) is 0 Å². The standard InChI is InChI=1S/C16H32N2O2/c1-6-20-15(19)16(5,17-13(2)3)10-12-18-11-8-7-9-14(18)4/h13-14,17H,6-12H2,1-5H3. The molecule has 0 bridgehead atoms. The van der Waals surface area contributed by atoms with Crippen LogP contribution >= 0.6 is 0 Å². The van der Waals surface area contributed by atoms with Gasteiger partial charge in [-0.2, -0.15) is 0 Å². The lowest BCUT2D eigenvalue weighted by Gasteiger charge is -2.37. The summed E-state index contributed by atoms with van der Waals surface area (Å²) in [4.78, 5) is 14.8. The van der Waals surface area contributed by atoms with E-state index in [9.17, 15) is 4.79 Å². The molecule has 0 spiro atoms. The van der Waals surface area contributed by atoms with E-state index in [0.717, 1.165) is 19.5 Å². The number of nitrogens with one attached hydrogen (secondary N) is 1. The van der Waals surface area contributed by atoms with Crippen LogP contribution < -0.4 is 5.32 Å². The highest BCUT2D eigenvalue weighted by Crippen LogP contribution is 2.20. The Hall–Kier alpha value is -0.610. The number of esters is 1. The minimum Gasteiger partial charge on any atom is -0.465 e. The van der Waals surface area contributed by atoms with E-state index in [0.29, 0.717) is 12.6 Å². The number of carbonyl (C=O) groups is 1. The van der Waals surface area contributed by atoms with Gasteiger partial charge in [0.05, 0.1) is 6.61 Å². The van der Waals surface area contributed by atoms with E-state index in [-0.39, 0.29) is 12.0 Å². The van der Waals surface area contributed by atoms with Crippen molar-refractivity contribution in [3.8, 4) is 0 Å². The second-order valence-corrected chi connectivity index (χ2v) is 6.48. The quantitative estimate of drug-likeness (QED) is 0.730. The maximum absolute atomic E-state index is 12.3. The molecule has 0 aromatic carbocycles. The van der Waals surface area contributed by atoms with Gasteiger partial charge in [0.1, 0.15) is 5.54 Å². The van der Waals surface area contributed by atoms with Crippen molar-refractivity contribution in [2.45, 2.75) is 77.9 Å². The van der Waals surface area contributed by atoms with Gasteiger partial charge in [0.2, 0.25) is 0 Å². The summed E-state index contributed by atoms with van der Waals surface area (Å²) in [7, 11) is 0. The van der Waals surface area contributed by atoms with Gasteiger partial charge < -0.3 is 9.64 Å². The van der Waals surface area contributed by atoms with Crippen LogP contribution in [-0.2, 0) is 9.53 Å². The van der Waals surface area contributed by atoms with Crippen molar-refractivity contribution >= 4 is 5.97 Å². The van der Waals surface area contributed by atoms with Crippen LogP contribution in [0.3, 0.4) is 0 Å². The Labute approximate surface area is 124 Å². The zero-order chi connectivity index (χ0) is 15.2. The molecule has 0 aromatic heterocycles. The molecule has 1 fully saturated rings. The van der Waals surface area contributed by atoms with Crippen molar-refractivity contribution in [3.05, 3.63) is 0 Å².